The summed E-state index contributed by atoms with van der Waals surface area (Å²) < 4.78 is 11.8. The van der Waals surface area contributed by atoms with Crippen LogP contribution in [0.2, 0.25) is 0 Å². The molecule has 0 aromatic heterocycles. The Hall–Kier alpha value is -3.31. The van der Waals surface area contributed by atoms with Gasteiger partial charge in [0.1, 0.15) is 11.5 Å². The quantitative estimate of drug-likeness (QED) is 0.144. The van der Waals surface area contributed by atoms with Crippen molar-refractivity contribution in [2.24, 2.45) is 0 Å². The van der Waals surface area contributed by atoms with Crippen LogP contribution in [-0.2, 0) is 10.2 Å². The van der Waals surface area contributed by atoms with Gasteiger partial charge >= 0.3 is 5.97 Å². The molecule has 0 aliphatic heterocycles. The van der Waals surface area contributed by atoms with Crippen molar-refractivity contribution in [1.29, 1.82) is 0 Å². The van der Waals surface area contributed by atoms with Gasteiger partial charge in [-0.1, -0.05) is 118 Å². The van der Waals surface area contributed by atoms with Gasteiger partial charge in [-0.15, -0.1) is 0 Å². The zero-order chi connectivity index (χ0) is 27.2. The molecule has 0 aliphatic rings. The van der Waals surface area contributed by atoms with E-state index in [1.165, 1.54) is 5.56 Å². The minimum atomic E-state index is -1.23. The molecule has 3 rings (SSSR count). The summed E-state index contributed by atoms with van der Waals surface area (Å²) >= 11 is 0. The Kier molecular flexibility index (Phi) is 11.7. The van der Waals surface area contributed by atoms with Crippen LogP contribution < -0.4 is 9.47 Å². The summed E-state index contributed by atoms with van der Waals surface area (Å²) in [4.78, 5) is 10.7. The number of carbonyl (C=O) groups is 1. The zero-order valence-corrected chi connectivity index (χ0v) is 22.8. The first kappa shape index (κ1) is 29.2. The highest BCUT2D eigenvalue weighted by Gasteiger charge is 2.40. The first-order chi connectivity index (χ1) is 18.5. The second-order valence-corrected chi connectivity index (χ2v) is 9.89. The summed E-state index contributed by atoms with van der Waals surface area (Å²) in [6, 6.07) is 27.3. The Bertz CT molecular complexity index is 1060. The van der Waals surface area contributed by atoms with E-state index in [0.717, 1.165) is 80.4 Å². The summed E-state index contributed by atoms with van der Waals surface area (Å²) in [7, 11) is 3.47. The van der Waals surface area contributed by atoms with E-state index in [0.29, 0.717) is 6.42 Å². The first-order valence-corrected chi connectivity index (χ1v) is 13.8. The van der Waals surface area contributed by atoms with Gasteiger partial charge in [-0.2, -0.15) is 0 Å². The smallest absolute Gasteiger partial charge is 0.332 e. The van der Waals surface area contributed by atoms with E-state index in [2.05, 4.69) is 54.6 Å². The topological polar surface area (TPSA) is 76.0 Å². The summed E-state index contributed by atoms with van der Waals surface area (Å²) in [5, 5.41) is 18.2. The van der Waals surface area contributed by atoms with Gasteiger partial charge in [0.2, 0.25) is 0 Å². The Balaban J connectivity index is 1.75. The number of ether oxygens (including phenoxy) is 2. The molecular weight excluding hydrogens is 476 g/mol. The number of benzene rings is 3. The van der Waals surface area contributed by atoms with Gasteiger partial charge in [0, 0.05) is 11.1 Å². The largest absolute Gasteiger partial charge is 0.496 e. The second-order valence-electron chi connectivity index (χ2n) is 9.89. The molecule has 3 aromatic rings. The maximum absolute atomic E-state index is 10.7. The van der Waals surface area contributed by atoms with Crippen molar-refractivity contribution in [3.63, 3.8) is 0 Å². The predicted octanol–water partition coefficient (Wildman–Crippen LogP) is 7.38. The van der Waals surface area contributed by atoms with Crippen molar-refractivity contribution in [2.45, 2.75) is 75.7 Å². The number of aliphatic carboxylic acids is 1. The molecular formula is C33H42O5. The second kappa shape index (κ2) is 15.2. The summed E-state index contributed by atoms with van der Waals surface area (Å²) in [5.41, 5.74) is 3.08. The molecule has 0 amide bonds. The number of unbranched alkanes of at least 4 members (excludes halogenated alkanes) is 7. The number of hydrogen-bond acceptors (Lipinski definition) is 4. The van der Waals surface area contributed by atoms with Crippen molar-refractivity contribution in [3.8, 4) is 11.5 Å². The van der Waals surface area contributed by atoms with Gasteiger partial charge in [0.25, 0.3) is 0 Å². The molecule has 0 spiro atoms. The SMILES string of the molecule is COc1ccccc1C(CCCCCCCCCCC(O)C(=O)O)(c1ccccc1)c1ccccc1OC. The number of carboxylic acid groups (broad SMARTS) is 1. The van der Waals surface area contributed by atoms with Crippen molar-refractivity contribution in [2.75, 3.05) is 14.2 Å². The number of rotatable bonds is 17. The first-order valence-electron chi connectivity index (χ1n) is 13.8. The van der Waals surface area contributed by atoms with Crippen LogP contribution in [0.4, 0.5) is 0 Å². The van der Waals surface area contributed by atoms with Crippen molar-refractivity contribution < 1.29 is 24.5 Å². The molecule has 2 N–H and O–H groups in total. The highest BCUT2D eigenvalue weighted by atomic mass is 16.5. The third kappa shape index (κ3) is 7.38. The zero-order valence-electron chi connectivity index (χ0n) is 22.8. The highest BCUT2D eigenvalue weighted by molar-refractivity contribution is 5.71. The molecule has 0 saturated carbocycles. The average Bonchev–Trinajstić information content (AvgIpc) is 2.96. The van der Waals surface area contributed by atoms with E-state index >= 15 is 0 Å². The van der Waals surface area contributed by atoms with Gasteiger partial charge in [-0.25, -0.2) is 4.79 Å². The minimum absolute atomic E-state index is 0.336. The molecule has 0 fully saturated rings. The Labute approximate surface area is 227 Å². The van der Waals surface area contributed by atoms with E-state index in [1.54, 1.807) is 14.2 Å². The lowest BCUT2D eigenvalue weighted by molar-refractivity contribution is -0.146. The Morgan fingerprint density at radius 1 is 0.684 bits per heavy atom. The predicted molar refractivity (Wildman–Crippen MR) is 152 cm³/mol. The molecule has 0 heterocycles. The molecule has 0 radical (unpaired) electrons. The van der Waals surface area contributed by atoms with E-state index in [1.807, 2.05) is 24.3 Å². The number of hydrogen-bond donors (Lipinski definition) is 2. The third-order valence-electron chi connectivity index (χ3n) is 7.46. The molecule has 204 valence electrons. The molecule has 1 atom stereocenters. The molecule has 0 saturated heterocycles. The lowest BCUT2D eigenvalue weighted by Crippen LogP contribution is -2.30. The van der Waals surface area contributed by atoms with Gasteiger partial charge in [-0.05, 0) is 30.5 Å². The maximum Gasteiger partial charge on any atom is 0.332 e. The Morgan fingerprint density at radius 3 is 1.63 bits per heavy atom. The normalized spacial score (nSPS) is 12.2. The number of aliphatic hydroxyl groups excluding tert-OH is 1. The van der Waals surface area contributed by atoms with Crippen LogP contribution in [0.25, 0.3) is 0 Å². The van der Waals surface area contributed by atoms with Crippen LogP contribution in [0.15, 0.2) is 78.9 Å². The molecule has 3 aromatic carbocycles. The summed E-state index contributed by atoms with van der Waals surface area (Å²) in [6.45, 7) is 0. The van der Waals surface area contributed by atoms with Crippen LogP contribution >= 0.6 is 0 Å². The van der Waals surface area contributed by atoms with Crippen LogP contribution in [0.3, 0.4) is 0 Å². The monoisotopic (exact) mass is 518 g/mol. The van der Waals surface area contributed by atoms with Crippen LogP contribution in [-0.4, -0.2) is 36.5 Å². The average molecular weight is 519 g/mol. The molecule has 1 unspecified atom stereocenters. The van der Waals surface area contributed by atoms with Gasteiger partial charge in [0.05, 0.1) is 19.6 Å². The fraction of sp³-hybridized carbons (Fsp3) is 0.424. The molecule has 0 bridgehead atoms. The van der Waals surface area contributed by atoms with E-state index < -0.39 is 17.5 Å². The summed E-state index contributed by atoms with van der Waals surface area (Å²) in [5.74, 6) is 0.614. The van der Waals surface area contributed by atoms with Gasteiger partial charge in [0.15, 0.2) is 6.10 Å². The number of aliphatic hydroxyl groups is 1. The molecule has 38 heavy (non-hydrogen) atoms. The standard InChI is InChI=1S/C33H42O5/c1-37-30-23-15-13-20-27(30)33(26-18-10-9-11-19-26,28-21-14-16-24-31(28)38-2)25-17-8-6-4-3-5-7-12-22-29(34)32(35)36/h9-11,13-16,18-21,23-24,29,34H,3-8,12,17,22,25H2,1-2H3,(H,35,36). The third-order valence-corrected chi connectivity index (χ3v) is 7.46. The van der Waals surface area contributed by atoms with Crippen molar-refractivity contribution >= 4 is 5.97 Å². The van der Waals surface area contributed by atoms with Crippen molar-refractivity contribution in [1.82, 2.24) is 0 Å². The molecule has 0 aliphatic carbocycles. The van der Waals surface area contributed by atoms with Crippen LogP contribution in [0.1, 0.15) is 80.9 Å². The number of methoxy groups -OCH3 is 2. The van der Waals surface area contributed by atoms with Crippen LogP contribution in [0.5, 0.6) is 11.5 Å². The minimum Gasteiger partial charge on any atom is -0.496 e. The lowest BCUT2D eigenvalue weighted by atomic mass is 9.66. The van der Waals surface area contributed by atoms with Crippen LogP contribution in [0, 0.1) is 0 Å². The van der Waals surface area contributed by atoms with Gasteiger partial charge in [-0.3, -0.25) is 0 Å². The fourth-order valence-corrected chi connectivity index (χ4v) is 5.50. The summed E-state index contributed by atoms with van der Waals surface area (Å²) in [6.07, 6.45) is 8.43. The lowest BCUT2D eigenvalue weighted by Gasteiger charge is -2.38. The number of carboxylic acids is 1. The van der Waals surface area contributed by atoms with Gasteiger partial charge < -0.3 is 19.7 Å². The van der Waals surface area contributed by atoms with E-state index in [4.69, 9.17) is 14.6 Å². The maximum atomic E-state index is 10.7. The fourth-order valence-electron chi connectivity index (χ4n) is 5.50. The van der Waals surface area contributed by atoms with E-state index in [-0.39, 0.29) is 0 Å². The number of para-hydroxylation sites is 2. The van der Waals surface area contributed by atoms with Crippen molar-refractivity contribution in [3.05, 3.63) is 95.6 Å². The Morgan fingerprint density at radius 2 is 1.13 bits per heavy atom. The molecule has 5 nitrogen and oxygen atoms in total. The highest BCUT2D eigenvalue weighted by Crippen LogP contribution is 2.49. The molecule has 5 heteroatoms. The van der Waals surface area contributed by atoms with E-state index in [9.17, 15) is 9.90 Å².